The second kappa shape index (κ2) is 10.2. The van der Waals surface area contributed by atoms with Gasteiger partial charge in [0.1, 0.15) is 17.0 Å². The number of hydrogen-bond donors (Lipinski definition) is 3. The molecule has 1 fully saturated rings. The summed E-state index contributed by atoms with van der Waals surface area (Å²) in [5.74, 6) is 1.23. The third kappa shape index (κ3) is 5.03. The highest BCUT2D eigenvalue weighted by molar-refractivity contribution is 5.91. The predicted octanol–water partition coefficient (Wildman–Crippen LogP) is 3.14. The zero-order valence-corrected chi connectivity index (χ0v) is 20.4. The summed E-state index contributed by atoms with van der Waals surface area (Å²) in [6, 6.07) is 12.4. The molecular formula is C25H31N9O. The summed E-state index contributed by atoms with van der Waals surface area (Å²) >= 11 is 0. The lowest BCUT2D eigenvalue weighted by Crippen LogP contribution is -2.44. The van der Waals surface area contributed by atoms with Crippen molar-refractivity contribution in [3.8, 4) is 11.3 Å². The molecule has 0 saturated carbocycles. The molecule has 1 aliphatic heterocycles. The summed E-state index contributed by atoms with van der Waals surface area (Å²) < 4.78 is 5.19. The SMILES string of the molecule is CNc1nc(CCOC)ccc1-c1nc(Nc2ccc(N3CCN(C)CC3)cc2)nc2nc[nH]c12. The number of hydrogen-bond acceptors (Lipinski definition) is 9. The van der Waals surface area contributed by atoms with Gasteiger partial charge in [-0.05, 0) is 43.4 Å². The van der Waals surface area contributed by atoms with E-state index in [2.05, 4.69) is 66.7 Å². The minimum Gasteiger partial charge on any atom is -0.384 e. The molecule has 1 aliphatic rings. The first-order valence-corrected chi connectivity index (χ1v) is 11.8. The molecule has 0 atom stereocenters. The molecule has 10 nitrogen and oxygen atoms in total. The molecule has 0 aliphatic carbocycles. The first kappa shape index (κ1) is 23.0. The Labute approximate surface area is 204 Å². The molecule has 5 rings (SSSR count). The van der Waals surface area contributed by atoms with Gasteiger partial charge in [0.05, 0.1) is 12.9 Å². The first-order valence-electron chi connectivity index (χ1n) is 11.8. The summed E-state index contributed by atoms with van der Waals surface area (Å²) in [5, 5.41) is 6.55. The number of pyridine rings is 1. The van der Waals surface area contributed by atoms with E-state index in [0.717, 1.165) is 66.6 Å². The van der Waals surface area contributed by atoms with Gasteiger partial charge in [0, 0.05) is 69.4 Å². The van der Waals surface area contributed by atoms with E-state index in [1.807, 2.05) is 19.2 Å². The highest BCUT2D eigenvalue weighted by atomic mass is 16.5. The number of rotatable bonds is 8. The third-order valence-electron chi connectivity index (χ3n) is 6.28. The molecular weight excluding hydrogens is 442 g/mol. The number of nitrogens with one attached hydrogen (secondary N) is 3. The summed E-state index contributed by atoms with van der Waals surface area (Å²) in [6.07, 6.45) is 2.38. The Morgan fingerprint density at radius 2 is 1.80 bits per heavy atom. The van der Waals surface area contributed by atoms with Crippen LogP contribution >= 0.6 is 0 Å². The Kier molecular flexibility index (Phi) is 6.73. The number of fused-ring (bicyclic) bond motifs is 1. The Bertz CT molecular complexity index is 1280. The molecule has 4 heterocycles. The van der Waals surface area contributed by atoms with Crippen molar-refractivity contribution in [1.29, 1.82) is 0 Å². The Morgan fingerprint density at radius 1 is 1.00 bits per heavy atom. The van der Waals surface area contributed by atoms with Gasteiger partial charge in [0.2, 0.25) is 5.95 Å². The maximum atomic E-state index is 5.19. The van der Waals surface area contributed by atoms with Crippen LogP contribution in [0.15, 0.2) is 42.7 Å². The quantitative estimate of drug-likeness (QED) is 0.356. The van der Waals surface area contributed by atoms with Gasteiger partial charge in [-0.2, -0.15) is 4.98 Å². The molecule has 4 aromatic rings. The monoisotopic (exact) mass is 473 g/mol. The average molecular weight is 474 g/mol. The van der Waals surface area contributed by atoms with Crippen LogP contribution in [0.25, 0.3) is 22.4 Å². The summed E-state index contributed by atoms with van der Waals surface area (Å²) in [5.41, 5.74) is 6.07. The average Bonchev–Trinajstić information content (AvgIpc) is 3.36. The molecule has 0 spiro atoms. The molecule has 0 radical (unpaired) electrons. The van der Waals surface area contributed by atoms with Crippen LogP contribution in [-0.4, -0.2) is 83.8 Å². The topological polar surface area (TPSA) is 107 Å². The Balaban J connectivity index is 1.42. The Morgan fingerprint density at radius 3 is 2.54 bits per heavy atom. The van der Waals surface area contributed by atoms with Crippen molar-refractivity contribution in [2.45, 2.75) is 6.42 Å². The fraction of sp³-hybridized carbons (Fsp3) is 0.360. The molecule has 3 N–H and O–H groups in total. The summed E-state index contributed by atoms with van der Waals surface area (Å²) in [6.45, 7) is 4.86. The van der Waals surface area contributed by atoms with Gasteiger partial charge in [-0.25, -0.2) is 15.0 Å². The van der Waals surface area contributed by atoms with Gasteiger partial charge in [-0.1, -0.05) is 0 Å². The number of anilines is 4. The highest BCUT2D eigenvalue weighted by Gasteiger charge is 2.17. The predicted molar refractivity (Wildman–Crippen MR) is 139 cm³/mol. The van der Waals surface area contributed by atoms with E-state index >= 15 is 0 Å². The van der Waals surface area contributed by atoms with E-state index in [0.29, 0.717) is 18.2 Å². The van der Waals surface area contributed by atoms with Crippen molar-refractivity contribution in [1.82, 2.24) is 29.8 Å². The molecule has 0 bridgehead atoms. The number of H-pyrrole nitrogens is 1. The van der Waals surface area contributed by atoms with E-state index in [-0.39, 0.29) is 0 Å². The zero-order chi connectivity index (χ0) is 24.2. The van der Waals surface area contributed by atoms with Gasteiger partial charge in [-0.3, -0.25) is 0 Å². The number of ether oxygens (including phenoxy) is 1. The van der Waals surface area contributed by atoms with Crippen LogP contribution in [0.1, 0.15) is 5.69 Å². The van der Waals surface area contributed by atoms with Crippen molar-refractivity contribution in [2.75, 3.05) is 69.5 Å². The maximum absolute atomic E-state index is 5.19. The van der Waals surface area contributed by atoms with Gasteiger partial charge in [0.15, 0.2) is 5.65 Å². The second-order valence-electron chi connectivity index (χ2n) is 8.65. The first-order chi connectivity index (χ1) is 17.1. The molecule has 0 unspecified atom stereocenters. The fourth-order valence-electron chi connectivity index (χ4n) is 4.26. The second-order valence-corrected chi connectivity index (χ2v) is 8.65. The number of benzene rings is 1. The molecule has 10 heteroatoms. The standard InChI is InChI=1S/C25H31N9O/c1-26-23-20(9-6-18(29-23)10-15-35-3)21-22-24(28-16-27-22)32-25(31-21)30-17-4-7-19(8-5-17)34-13-11-33(2)12-14-34/h4-9,16H,10-15H2,1-3H3,(H,26,29)(H2,27,28,30,31,32). The number of aromatic nitrogens is 5. The van der Waals surface area contributed by atoms with Crippen LogP contribution in [0.3, 0.4) is 0 Å². The normalized spacial score (nSPS) is 14.4. The summed E-state index contributed by atoms with van der Waals surface area (Å²) in [7, 11) is 5.72. The molecule has 3 aromatic heterocycles. The van der Waals surface area contributed by atoms with Crippen molar-refractivity contribution in [2.24, 2.45) is 0 Å². The lowest BCUT2D eigenvalue weighted by molar-refractivity contribution is 0.201. The Hall–Kier alpha value is -3.76. The number of piperazine rings is 1. The molecule has 0 amide bonds. The van der Waals surface area contributed by atoms with Crippen molar-refractivity contribution < 1.29 is 4.74 Å². The van der Waals surface area contributed by atoms with E-state index in [4.69, 9.17) is 14.7 Å². The number of aromatic amines is 1. The van der Waals surface area contributed by atoms with Crippen LogP contribution in [0.5, 0.6) is 0 Å². The highest BCUT2D eigenvalue weighted by Crippen LogP contribution is 2.31. The van der Waals surface area contributed by atoms with Crippen LogP contribution < -0.4 is 15.5 Å². The lowest BCUT2D eigenvalue weighted by atomic mass is 10.1. The number of imidazole rings is 1. The van der Waals surface area contributed by atoms with Crippen molar-refractivity contribution in [3.05, 3.63) is 48.4 Å². The van der Waals surface area contributed by atoms with E-state index in [9.17, 15) is 0 Å². The summed E-state index contributed by atoms with van der Waals surface area (Å²) in [4.78, 5) is 26.5. The minimum atomic E-state index is 0.484. The molecule has 1 aromatic carbocycles. The smallest absolute Gasteiger partial charge is 0.229 e. The fourth-order valence-corrected chi connectivity index (χ4v) is 4.26. The van der Waals surface area contributed by atoms with Gasteiger partial charge >= 0.3 is 0 Å². The number of methoxy groups -OCH3 is 1. The van der Waals surface area contributed by atoms with E-state index in [1.165, 1.54) is 5.69 Å². The van der Waals surface area contributed by atoms with Crippen molar-refractivity contribution in [3.63, 3.8) is 0 Å². The van der Waals surface area contributed by atoms with Gasteiger partial charge in [0.25, 0.3) is 0 Å². The van der Waals surface area contributed by atoms with Crippen molar-refractivity contribution >= 4 is 34.3 Å². The molecule has 1 saturated heterocycles. The zero-order valence-electron chi connectivity index (χ0n) is 20.4. The minimum absolute atomic E-state index is 0.484. The van der Waals surface area contributed by atoms with Crippen LogP contribution in [0.4, 0.5) is 23.1 Å². The van der Waals surface area contributed by atoms with Crippen LogP contribution in [0, 0.1) is 0 Å². The van der Waals surface area contributed by atoms with Gasteiger partial charge in [-0.15, -0.1) is 0 Å². The lowest BCUT2D eigenvalue weighted by Gasteiger charge is -2.34. The number of nitrogens with zero attached hydrogens (tertiary/aromatic N) is 6. The van der Waals surface area contributed by atoms with Crippen LogP contribution in [-0.2, 0) is 11.2 Å². The number of likely N-dealkylation sites (N-methyl/N-ethyl adjacent to an activating group) is 1. The van der Waals surface area contributed by atoms with Gasteiger partial charge < -0.3 is 30.2 Å². The largest absolute Gasteiger partial charge is 0.384 e. The van der Waals surface area contributed by atoms with E-state index in [1.54, 1.807) is 13.4 Å². The van der Waals surface area contributed by atoms with Crippen LogP contribution in [0.2, 0.25) is 0 Å². The molecule has 35 heavy (non-hydrogen) atoms. The molecule has 182 valence electrons. The maximum Gasteiger partial charge on any atom is 0.229 e. The van der Waals surface area contributed by atoms with E-state index < -0.39 is 0 Å². The third-order valence-corrected chi connectivity index (χ3v) is 6.28.